The van der Waals surface area contributed by atoms with E-state index in [-0.39, 0.29) is 38.2 Å². The van der Waals surface area contributed by atoms with Gasteiger partial charge in [0.05, 0.1) is 16.7 Å². The fraction of sp³-hybridized carbons (Fsp3) is 0.267. The number of rotatable bonds is 1. The number of amides is 1. The van der Waals surface area contributed by atoms with E-state index in [1.807, 2.05) is 0 Å². The molecular weight excluding hydrogens is 400 g/mol. The molecule has 128 valence electrons. The summed E-state index contributed by atoms with van der Waals surface area (Å²) in [5.41, 5.74) is 0. The summed E-state index contributed by atoms with van der Waals surface area (Å²) in [6.45, 7) is 1.93. The lowest BCUT2D eigenvalue weighted by molar-refractivity contribution is -0.0322. The number of ether oxygens (including phenoxy) is 3. The van der Waals surface area contributed by atoms with Gasteiger partial charge in [0.2, 0.25) is 6.23 Å². The van der Waals surface area contributed by atoms with E-state index in [1.165, 1.54) is 11.1 Å². The molecule has 0 aromatic heterocycles. The molecule has 0 aliphatic carbocycles. The lowest BCUT2D eigenvalue weighted by Gasteiger charge is -2.37. The highest BCUT2D eigenvalue weighted by atomic mass is 35.5. The smallest absolute Gasteiger partial charge is 0.416 e. The van der Waals surface area contributed by atoms with Gasteiger partial charge in [0.25, 0.3) is 0 Å². The first-order valence-corrected chi connectivity index (χ1v) is 8.46. The second kappa shape index (κ2) is 6.92. The van der Waals surface area contributed by atoms with Crippen LogP contribution in [0.3, 0.4) is 0 Å². The van der Waals surface area contributed by atoms with Crippen LogP contribution in [0, 0.1) is 0 Å². The lowest BCUT2D eigenvalue weighted by atomic mass is 10.2. The standard InChI is InChI=1S/C15H11Cl4NO4/c1-2-22-15(21)20-6-4-3-5-7-14(20)24-13-11(19)9(17)8(16)10(18)12(13)23-7/h3-7,14H,2H2,1H3. The first-order valence-electron chi connectivity index (χ1n) is 6.95. The van der Waals surface area contributed by atoms with Gasteiger partial charge in [0, 0.05) is 6.20 Å². The second-order valence-corrected chi connectivity index (χ2v) is 6.35. The number of hydrogen-bond donors (Lipinski definition) is 0. The van der Waals surface area contributed by atoms with Gasteiger partial charge >= 0.3 is 6.09 Å². The molecule has 5 nitrogen and oxygen atoms in total. The van der Waals surface area contributed by atoms with Crippen molar-refractivity contribution in [2.24, 2.45) is 0 Å². The Kier molecular flexibility index (Phi) is 5.06. The van der Waals surface area contributed by atoms with Crippen LogP contribution in [0.15, 0.2) is 24.4 Å². The molecule has 0 fully saturated rings. The van der Waals surface area contributed by atoms with Gasteiger partial charge in [-0.1, -0.05) is 52.5 Å². The van der Waals surface area contributed by atoms with E-state index in [0.717, 1.165) is 0 Å². The maximum Gasteiger partial charge on any atom is 0.416 e. The SMILES string of the molecule is CCOC(=O)N1C=CC=CC2Oc3c(Cl)c(Cl)c(Cl)c(Cl)c3OC21. The van der Waals surface area contributed by atoms with Crippen LogP contribution in [0.5, 0.6) is 11.5 Å². The molecule has 1 aromatic rings. The summed E-state index contributed by atoms with van der Waals surface area (Å²) >= 11 is 24.5. The summed E-state index contributed by atoms with van der Waals surface area (Å²) in [7, 11) is 0. The average Bonchev–Trinajstić information content (AvgIpc) is 2.79. The Morgan fingerprint density at radius 3 is 2.33 bits per heavy atom. The molecule has 0 saturated heterocycles. The zero-order valence-electron chi connectivity index (χ0n) is 12.3. The molecule has 3 rings (SSSR count). The van der Waals surface area contributed by atoms with E-state index in [9.17, 15) is 4.79 Å². The van der Waals surface area contributed by atoms with Crippen LogP contribution in [-0.2, 0) is 4.74 Å². The number of fused-ring (bicyclic) bond motifs is 2. The third-order valence-corrected chi connectivity index (χ3v) is 5.14. The monoisotopic (exact) mass is 409 g/mol. The van der Waals surface area contributed by atoms with Crippen LogP contribution in [0.2, 0.25) is 20.1 Å². The number of hydrogen-bond acceptors (Lipinski definition) is 4. The first-order chi connectivity index (χ1) is 11.5. The quantitative estimate of drug-likeness (QED) is 0.465. The van der Waals surface area contributed by atoms with E-state index in [0.29, 0.717) is 0 Å². The highest BCUT2D eigenvalue weighted by Gasteiger charge is 2.40. The third kappa shape index (κ3) is 2.90. The summed E-state index contributed by atoms with van der Waals surface area (Å²) in [4.78, 5) is 13.4. The molecular formula is C15H11Cl4NO4. The first kappa shape index (κ1) is 17.5. The molecule has 2 unspecified atom stereocenters. The van der Waals surface area contributed by atoms with E-state index >= 15 is 0 Å². The van der Waals surface area contributed by atoms with Crippen molar-refractivity contribution in [3.8, 4) is 11.5 Å². The Morgan fingerprint density at radius 1 is 1.08 bits per heavy atom. The lowest BCUT2D eigenvalue weighted by Crippen LogP contribution is -2.51. The molecule has 24 heavy (non-hydrogen) atoms. The van der Waals surface area contributed by atoms with Crippen molar-refractivity contribution in [1.29, 1.82) is 0 Å². The van der Waals surface area contributed by atoms with Crippen LogP contribution < -0.4 is 9.47 Å². The molecule has 0 N–H and O–H groups in total. The molecule has 0 radical (unpaired) electrons. The van der Waals surface area contributed by atoms with Crippen LogP contribution in [0.25, 0.3) is 0 Å². The zero-order valence-corrected chi connectivity index (χ0v) is 15.3. The van der Waals surface area contributed by atoms with Gasteiger partial charge in [-0.2, -0.15) is 0 Å². The van der Waals surface area contributed by atoms with Gasteiger partial charge in [-0.25, -0.2) is 9.69 Å². The minimum absolute atomic E-state index is 0.0477. The Morgan fingerprint density at radius 2 is 1.71 bits per heavy atom. The van der Waals surface area contributed by atoms with Gasteiger partial charge in [-0.3, -0.25) is 0 Å². The largest absolute Gasteiger partial charge is 0.475 e. The average molecular weight is 411 g/mol. The number of carbonyl (C=O) groups excluding carboxylic acids is 1. The number of halogens is 4. The summed E-state index contributed by atoms with van der Waals surface area (Å²) in [5, 5.41) is 0.266. The molecule has 0 spiro atoms. The summed E-state index contributed by atoms with van der Waals surface area (Å²) < 4.78 is 16.8. The molecule has 2 aliphatic rings. The Labute approximate surface area is 158 Å². The fourth-order valence-corrected chi connectivity index (χ4v) is 3.20. The minimum atomic E-state index is -0.836. The van der Waals surface area contributed by atoms with Crippen molar-refractivity contribution in [3.63, 3.8) is 0 Å². The number of carbonyl (C=O) groups is 1. The highest BCUT2D eigenvalue weighted by molar-refractivity contribution is 6.53. The molecule has 1 amide bonds. The topological polar surface area (TPSA) is 48.0 Å². The second-order valence-electron chi connectivity index (χ2n) is 4.84. The molecule has 0 saturated carbocycles. The van der Waals surface area contributed by atoms with Crippen LogP contribution in [0.1, 0.15) is 6.92 Å². The zero-order chi connectivity index (χ0) is 17.4. The van der Waals surface area contributed by atoms with Gasteiger partial charge in [0.1, 0.15) is 10.0 Å². The predicted molar refractivity (Wildman–Crippen MR) is 92.5 cm³/mol. The third-order valence-electron chi connectivity index (χ3n) is 3.37. The molecule has 2 atom stereocenters. The molecule has 2 aliphatic heterocycles. The van der Waals surface area contributed by atoms with Crippen molar-refractivity contribution in [2.75, 3.05) is 6.61 Å². The van der Waals surface area contributed by atoms with Gasteiger partial charge < -0.3 is 14.2 Å². The fourth-order valence-electron chi connectivity index (χ4n) is 2.30. The molecule has 0 bridgehead atoms. The van der Waals surface area contributed by atoms with Crippen LogP contribution in [0.4, 0.5) is 4.79 Å². The Balaban J connectivity index is 2.05. The van der Waals surface area contributed by atoms with Crippen molar-refractivity contribution < 1.29 is 19.0 Å². The van der Waals surface area contributed by atoms with Gasteiger partial charge in [-0.15, -0.1) is 0 Å². The minimum Gasteiger partial charge on any atom is -0.475 e. The van der Waals surface area contributed by atoms with Crippen molar-refractivity contribution in [3.05, 3.63) is 44.5 Å². The van der Waals surface area contributed by atoms with Crippen molar-refractivity contribution in [2.45, 2.75) is 19.3 Å². The molecule has 9 heteroatoms. The van der Waals surface area contributed by atoms with Crippen LogP contribution in [-0.4, -0.2) is 29.9 Å². The Bertz CT molecular complexity index is 750. The molecule has 2 heterocycles. The van der Waals surface area contributed by atoms with Gasteiger partial charge in [0.15, 0.2) is 17.6 Å². The van der Waals surface area contributed by atoms with E-state index in [2.05, 4.69) is 0 Å². The summed E-state index contributed by atoms with van der Waals surface area (Å²) in [5.74, 6) is 0.294. The maximum atomic E-state index is 12.2. The van der Waals surface area contributed by atoms with Crippen molar-refractivity contribution >= 4 is 52.5 Å². The van der Waals surface area contributed by atoms with Gasteiger partial charge in [-0.05, 0) is 19.1 Å². The Hall–Kier alpha value is -1.27. The van der Waals surface area contributed by atoms with Crippen LogP contribution >= 0.6 is 46.4 Å². The maximum absolute atomic E-state index is 12.2. The van der Waals surface area contributed by atoms with E-state index < -0.39 is 18.4 Å². The summed E-state index contributed by atoms with van der Waals surface area (Å²) in [6, 6.07) is 0. The number of allylic oxidation sites excluding steroid dienone is 2. The normalized spacial score (nSPS) is 21.3. The number of nitrogens with zero attached hydrogens (tertiary/aromatic N) is 1. The van der Waals surface area contributed by atoms with E-state index in [1.54, 1.807) is 25.2 Å². The summed E-state index contributed by atoms with van der Waals surface area (Å²) in [6.07, 6.45) is 4.58. The number of benzene rings is 1. The van der Waals surface area contributed by atoms with Crippen molar-refractivity contribution in [1.82, 2.24) is 4.90 Å². The predicted octanol–water partition coefficient (Wildman–Crippen LogP) is 5.31. The van der Waals surface area contributed by atoms with E-state index in [4.69, 9.17) is 60.6 Å². The highest BCUT2D eigenvalue weighted by Crippen LogP contribution is 2.53. The molecule has 1 aromatic carbocycles.